The van der Waals surface area contributed by atoms with E-state index in [-0.39, 0.29) is 18.3 Å². The van der Waals surface area contributed by atoms with E-state index in [1.807, 2.05) is 0 Å². The van der Waals surface area contributed by atoms with Crippen LogP contribution in [-0.2, 0) is 15.7 Å². The minimum absolute atomic E-state index is 0.0957. The van der Waals surface area contributed by atoms with Gasteiger partial charge in [-0.15, -0.1) is 0 Å². The highest BCUT2D eigenvalue weighted by molar-refractivity contribution is 5.91. The van der Waals surface area contributed by atoms with Gasteiger partial charge in [0.1, 0.15) is 6.61 Å². The molecule has 0 aliphatic carbocycles. The number of aromatic nitrogens is 2. The van der Waals surface area contributed by atoms with E-state index in [9.17, 15) is 18.0 Å². The van der Waals surface area contributed by atoms with Crippen molar-refractivity contribution in [3.8, 4) is 11.4 Å². The zero-order valence-electron chi connectivity index (χ0n) is 10.8. The van der Waals surface area contributed by atoms with Crippen molar-refractivity contribution in [3.63, 3.8) is 0 Å². The Labute approximate surface area is 116 Å². The van der Waals surface area contributed by atoms with Gasteiger partial charge >= 0.3 is 12.1 Å². The molecule has 1 amide bonds. The average Bonchev–Trinajstić information content (AvgIpc) is 2.89. The number of hydrogen-bond donors (Lipinski definition) is 1. The van der Waals surface area contributed by atoms with E-state index in [1.54, 1.807) is 0 Å². The largest absolute Gasteiger partial charge is 0.471 e. The number of amides is 1. The molecule has 112 valence electrons. The highest BCUT2D eigenvalue weighted by Crippen LogP contribution is 2.29. The lowest BCUT2D eigenvalue weighted by molar-refractivity contribution is -0.159. The van der Waals surface area contributed by atoms with Gasteiger partial charge in [-0.2, -0.15) is 18.2 Å². The molecule has 0 fully saturated rings. The number of nitrogens with one attached hydrogen (secondary N) is 1. The van der Waals surface area contributed by atoms with Crippen LogP contribution in [0.5, 0.6) is 0 Å². The molecular weight excluding hydrogens is 291 g/mol. The van der Waals surface area contributed by atoms with Crippen LogP contribution < -0.4 is 5.32 Å². The topological polar surface area (TPSA) is 77.2 Å². The standard InChI is InChI=1S/C12H10F3N3O3/c1-20-6-9(19)16-8-4-2-7(3-5-8)10-17-11(21-18-10)12(13,14)15/h2-5H,6H2,1H3,(H,16,19). The van der Waals surface area contributed by atoms with Crippen LogP contribution in [0.15, 0.2) is 28.8 Å². The number of methoxy groups -OCH3 is 1. The molecule has 1 N–H and O–H groups in total. The minimum Gasteiger partial charge on any atom is -0.375 e. The first kappa shape index (κ1) is 15.0. The summed E-state index contributed by atoms with van der Waals surface area (Å²) in [5.41, 5.74) is 0.805. The first-order valence-electron chi connectivity index (χ1n) is 5.70. The molecule has 0 saturated carbocycles. The van der Waals surface area contributed by atoms with Crippen LogP contribution in [-0.4, -0.2) is 29.8 Å². The summed E-state index contributed by atoms with van der Waals surface area (Å²) in [5, 5.41) is 5.80. The van der Waals surface area contributed by atoms with E-state index >= 15 is 0 Å². The van der Waals surface area contributed by atoms with Gasteiger partial charge in [0.25, 0.3) is 0 Å². The molecule has 1 heterocycles. The minimum atomic E-state index is -4.68. The van der Waals surface area contributed by atoms with Gasteiger partial charge in [0, 0.05) is 18.4 Å². The van der Waals surface area contributed by atoms with Crippen molar-refractivity contribution in [3.05, 3.63) is 30.2 Å². The molecule has 2 aromatic rings. The van der Waals surface area contributed by atoms with Crippen molar-refractivity contribution < 1.29 is 27.2 Å². The Balaban J connectivity index is 2.12. The number of hydrogen-bond acceptors (Lipinski definition) is 5. The van der Waals surface area contributed by atoms with Crippen LogP contribution in [0.2, 0.25) is 0 Å². The predicted molar refractivity (Wildman–Crippen MR) is 65.2 cm³/mol. The van der Waals surface area contributed by atoms with Gasteiger partial charge in [0.05, 0.1) is 0 Å². The smallest absolute Gasteiger partial charge is 0.375 e. The Kier molecular flexibility index (Phi) is 4.22. The van der Waals surface area contributed by atoms with E-state index in [0.717, 1.165) is 0 Å². The van der Waals surface area contributed by atoms with Gasteiger partial charge in [0.2, 0.25) is 11.7 Å². The summed E-state index contributed by atoms with van der Waals surface area (Å²) in [6, 6.07) is 5.94. The van der Waals surface area contributed by atoms with Gasteiger partial charge < -0.3 is 14.6 Å². The summed E-state index contributed by atoms with van der Waals surface area (Å²) in [6.45, 7) is -0.0957. The van der Waals surface area contributed by atoms with E-state index < -0.39 is 12.1 Å². The summed E-state index contributed by atoms with van der Waals surface area (Å²) < 4.78 is 45.8. The molecular formula is C12H10F3N3O3. The highest BCUT2D eigenvalue weighted by atomic mass is 19.4. The molecule has 2 rings (SSSR count). The number of nitrogens with zero attached hydrogens (tertiary/aromatic N) is 2. The molecule has 0 unspecified atom stereocenters. The zero-order valence-corrected chi connectivity index (χ0v) is 10.8. The van der Waals surface area contributed by atoms with Gasteiger partial charge in [-0.05, 0) is 24.3 Å². The number of carbonyl (C=O) groups is 1. The molecule has 9 heteroatoms. The quantitative estimate of drug-likeness (QED) is 0.938. The fourth-order valence-corrected chi connectivity index (χ4v) is 1.49. The fraction of sp³-hybridized carbons (Fsp3) is 0.250. The van der Waals surface area contributed by atoms with Crippen molar-refractivity contribution in [2.75, 3.05) is 19.0 Å². The molecule has 0 atom stereocenters. The Morgan fingerprint density at radius 1 is 1.33 bits per heavy atom. The number of benzene rings is 1. The lowest BCUT2D eigenvalue weighted by Crippen LogP contribution is -2.16. The SMILES string of the molecule is COCC(=O)Nc1ccc(-c2noc(C(F)(F)F)n2)cc1. The van der Waals surface area contributed by atoms with Crippen molar-refractivity contribution in [1.29, 1.82) is 0 Å². The second-order valence-corrected chi connectivity index (χ2v) is 3.98. The van der Waals surface area contributed by atoms with Gasteiger partial charge in [-0.3, -0.25) is 4.79 Å². The molecule has 0 spiro atoms. The molecule has 6 nitrogen and oxygen atoms in total. The monoisotopic (exact) mass is 301 g/mol. The van der Waals surface area contributed by atoms with Gasteiger partial charge in [-0.25, -0.2) is 0 Å². The fourth-order valence-electron chi connectivity index (χ4n) is 1.49. The molecule has 0 bridgehead atoms. The Bertz CT molecular complexity index is 623. The van der Waals surface area contributed by atoms with Crippen molar-refractivity contribution in [1.82, 2.24) is 10.1 Å². The van der Waals surface area contributed by atoms with E-state index in [1.165, 1.54) is 31.4 Å². The lowest BCUT2D eigenvalue weighted by atomic mass is 10.2. The predicted octanol–water partition coefficient (Wildman–Crippen LogP) is 2.34. The van der Waals surface area contributed by atoms with E-state index in [0.29, 0.717) is 11.3 Å². The maximum atomic E-state index is 12.3. The van der Waals surface area contributed by atoms with Crippen LogP contribution in [0.25, 0.3) is 11.4 Å². The van der Waals surface area contributed by atoms with Crippen LogP contribution in [0, 0.1) is 0 Å². The number of halogens is 3. The normalized spacial score (nSPS) is 11.4. The number of alkyl halides is 3. The molecule has 0 saturated heterocycles. The molecule has 21 heavy (non-hydrogen) atoms. The third kappa shape index (κ3) is 3.78. The first-order valence-corrected chi connectivity index (χ1v) is 5.70. The first-order chi connectivity index (χ1) is 9.90. The Morgan fingerprint density at radius 3 is 2.52 bits per heavy atom. The number of ether oxygens (including phenoxy) is 1. The lowest BCUT2D eigenvalue weighted by Gasteiger charge is -2.04. The Morgan fingerprint density at radius 2 is 2.00 bits per heavy atom. The zero-order chi connectivity index (χ0) is 15.5. The van der Waals surface area contributed by atoms with Crippen molar-refractivity contribution in [2.45, 2.75) is 6.18 Å². The number of carbonyl (C=O) groups excluding carboxylic acids is 1. The van der Waals surface area contributed by atoms with Crippen molar-refractivity contribution >= 4 is 11.6 Å². The maximum Gasteiger partial charge on any atom is 0.471 e. The summed E-state index contributed by atoms with van der Waals surface area (Å²) in [6.07, 6.45) is -4.68. The van der Waals surface area contributed by atoms with Crippen molar-refractivity contribution in [2.24, 2.45) is 0 Å². The number of anilines is 1. The van der Waals surface area contributed by atoms with Crippen LogP contribution in [0.1, 0.15) is 5.89 Å². The third-order valence-electron chi connectivity index (χ3n) is 2.37. The van der Waals surface area contributed by atoms with E-state index in [2.05, 4.69) is 24.7 Å². The third-order valence-corrected chi connectivity index (χ3v) is 2.37. The molecule has 0 aliphatic heterocycles. The second kappa shape index (κ2) is 5.92. The molecule has 0 aliphatic rings. The van der Waals surface area contributed by atoms with E-state index in [4.69, 9.17) is 0 Å². The van der Waals surface area contributed by atoms with Crippen LogP contribution in [0.4, 0.5) is 18.9 Å². The van der Waals surface area contributed by atoms with Gasteiger partial charge in [-0.1, -0.05) is 5.16 Å². The molecule has 1 aromatic carbocycles. The summed E-state index contributed by atoms with van der Waals surface area (Å²) in [7, 11) is 1.39. The highest BCUT2D eigenvalue weighted by Gasteiger charge is 2.38. The van der Waals surface area contributed by atoms with Gasteiger partial charge in [0.15, 0.2) is 0 Å². The Hall–Kier alpha value is -2.42. The van der Waals surface area contributed by atoms with Crippen LogP contribution >= 0.6 is 0 Å². The second-order valence-electron chi connectivity index (χ2n) is 3.98. The number of rotatable bonds is 4. The maximum absolute atomic E-state index is 12.3. The summed E-state index contributed by atoms with van der Waals surface area (Å²) >= 11 is 0. The summed E-state index contributed by atoms with van der Waals surface area (Å²) in [4.78, 5) is 14.5. The average molecular weight is 301 g/mol. The molecule has 0 radical (unpaired) electrons. The van der Waals surface area contributed by atoms with Crippen LogP contribution in [0.3, 0.4) is 0 Å². The summed E-state index contributed by atoms with van der Waals surface area (Å²) in [5.74, 6) is -1.93. The molecule has 1 aromatic heterocycles.